The zero-order valence-corrected chi connectivity index (χ0v) is 15.4. The number of H-pyrrole nitrogens is 1. The van der Waals surface area contributed by atoms with Crippen molar-refractivity contribution in [2.75, 3.05) is 21.3 Å². The van der Waals surface area contributed by atoms with Crippen LogP contribution in [-0.2, 0) is 11.8 Å². The zero-order valence-electron chi connectivity index (χ0n) is 15.4. The van der Waals surface area contributed by atoms with E-state index in [1.54, 1.807) is 39.7 Å². The predicted octanol–water partition coefficient (Wildman–Crippen LogP) is 2.40. The fourth-order valence-corrected chi connectivity index (χ4v) is 2.66. The Balaban J connectivity index is 1.94. The van der Waals surface area contributed by atoms with Gasteiger partial charge in [0, 0.05) is 17.4 Å². The summed E-state index contributed by atoms with van der Waals surface area (Å²) in [5, 5.41) is 14.6. The normalized spacial score (nSPS) is 11.4. The lowest BCUT2D eigenvalue weighted by molar-refractivity contribution is 0.304. The molecule has 0 radical (unpaired) electrons. The van der Waals surface area contributed by atoms with Crippen LogP contribution < -0.4 is 14.2 Å². The summed E-state index contributed by atoms with van der Waals surface area (Å²) in [7, 11) is 4.67. The van der Waals surface area contributed by atoms with Gasteiger partial charge in [-0.2, -0.15) is 20.4 Å². The molecule has 0 fully saturated rings. The van der Waals surface area contributed by atoms with Crippen molar-refractivity contribution in [3.8, 4) is 28.6 Å². The molecule has 1 N–H and O–H groups in total. The maximum Gasteiger partial charge on any atom is 0.233 e. The highest BCUT2D eigenvalue weighted by atomic mass is 16.5. The number of aromatic nitrogens is 5. The number of nitrogens with zero attached hydrogens (tertiary/aromatic N) is 4. The first kappa shape index (κ1) is 17.7. The van der Waals surface area contributed by atoms with E-state index in [0.29, 0.717) is 40.9 Å². The molecule has 2 aromatic heterocycles. The topological polar surface area (TPSA) is 108 Å². The second-order valence-corrected chi connectivity index (χ2v) is 6.36. The predicted molar refractivity (Wildman–Crippen MR) is 92.5 cm³/mol. The summed E-state index contributed by atoms with van der Waals surface area (Å²) in [6.45, 7) is 4.02. The second-order valence-electron chi connectivity index (χ2n) is 6.36. The summed E-state index contributed by atoms with van der Waals surface area (Å²) in [5.41, 5.74) is 1.12. The van der Waals surface area contributed by atoms with Crippen molar-refractivity contribution in [1.82, 2.24) is 25.6 Å². The Labute approximate surface area is 150 Å². The standard InChI is InChI=1S/C17H21N5O4/c1-17(2,8-11-9-18-22-20-11)16-19-15(21-26-16)10-6-12(23-3)14(25-5)13(7-10)24-4/h6-7,9H,8H2,1-5H3,(H,18,20,22). The molecule has 9 nitrogen and oxygen atoms in total. The van der Waals surface area contributed by atoms with Crippen LogP contribution >= 0.6 is 0 Å². The summed E-state index contributed by atoms with van der Waals surface area (Å²) < 4.78 is 21.6. The van der Waals surface area contributed by atoms with Crippen LogP contribution in [0.5, 0.6) is 17.2 Å². The smallest absolute Gasteiger partial charge is 0.233 e. The highest BCUT2D eigenvalue weighted by Gasteiger charge is 2.30. The van der Waals surface area contributed by atoms with Crippen LogP contribution in [0, 0.1) is 0 Å². The van der Waals surface area contributed by atoms with Gasteiger partial charge in [-0.3, -0.25) is 0 Å². The lowest BCUT2D eigenvalue weighted by atomic mass is 9.88. The van der Waals surface area contributed by atoms with E-state index in [1.807, 2.05) is 13.8 Å². The van der Waals surface area contributed by atoms with E-state index in [2.05, 4.69) is 25.6 Å². The van der Waals surface area contributed by atoms with Crippen LogP contribution in [0.2, 0.25) is 0 Å². The average molecular weight is 359 g/mol. The molecule has 0 atom stereocenters. The minimum Gasteiger partial charge on any atom is -0.493 e. The van der Waals surface area contributed by atoms with Crippen LogP contribution in [0.15, 0.2) is 22.9 Å². The van der Waals surface area contributed by atoms with E-state index >= 15 is 0 Å². The van der Waals surface area contributed by atoms with Gasteiger partial charge in [0.15, 0.2) is 11.5 Å². The number of hydrogen-bond donors (Lipinski definition) is 1. The average Bonchev–Trinajstić information content (AvgIpc) is 3.32. The summed E-state index contributed by atoms with van der Waals surface area (Å²) in [4.78, 5) is 4.55. The van der Waals surface area contributed by atoms with Gasteiger partial charge < -0.3 is 18.7 Å². The number of aromatic amines is 1. The summed E-state index contributed by atoms with van der Waals surface area (Å²) in [6.07, 6.45) is 2.29. The molecule has 0 unspecified atom stereocenters. The van der Waals surface area contributed by atoms with Crippen molar-refractivity contribution in [3.05, 3.63) is 29.9 Å². The largest absolute Gasteiger partial charge is 0.493 e. The first-order valence-corrected chi connectivity index (χ1v) is 7.97. The van der Waals surface area contributed by atoms with Gasteiger partial charge in [-0.05, 0) is 12.1 Å². The van der Waals surface area contributed by atoms with Gasteiger partial charge in [-0.1, -0.05) is 19.0 Å². The van der Waals surface area contributed by atoms with Crippen molar-refractivity contribution < 1.29 is 18.7 Å². The zero-order chi connectivity index (χ0) is 18.7. The molecule has 1 aromatic carbocycles. The number of nitrogens with one attached hydrogen (secondary N) is 1. The Morgan fingerprint density at radius 2 is 1.77 bits per heavy atom. The van der Waals surface area contributed by atoms with Crippen LogP contribution in [0.25, 0.3) is 11.4 Å². The summed E-state index contributed by atoms with van der Waals surface area (Å²) >= 11 is 0. The monoisotopic (exact) mass is 359 g/mol. The van der Waals surface area contributed by atoms with Gasteiger partial charge in [0.05, 0.1) is 33.2 Å². The molecule has 0 amide bonds. The molecule has 9 heteroatoms. The minimum atomic E-state index is -0.400. The molecular formula is C17H21N5O4. The number of benzene rings is 1. The van der Waals surface area contributed by atoms with Crippen LogP contribution in [0.1, 0.15) is 25.4 Å². The second kappa shape index (κ2) is 7.03. The van der Waals surface area contributed by atoms with Gasteiger partial charge in [-0.15, -0.1) is 0 Å². The van der Waals surface area contributed by atoms with Crippen LogP contribution in [0.4, 0.5) is 0 Å². The van der Waals surface area contributed by atoms with E-state index in [4.69, 9.17) is 18.7 Å². The molecule has 0 saturated heterocycles. The fourth-order valence-electron chi connectivity index (χ4n) is 2.66. The Bertz CT molecular complexity index is 848. The van der Waals surface area contributed by atoms with Crippen molar-refractivity contribution >= 4 is 0 Å². The van der Waals surface area contributed by atoms with E-state index in [0.717, 1.165) is 5.69 Å². The third kappa shape index (κ3) is 3.32. The Morgan fingerprint density at radius 1 is 1.08 bits per heavy atom. The van der Waals surface area contributed by atoms with Crippen molar-refractivity contribution in [1.29, 1.82) is 0 Å². The first-order chi connectivity index (χ1) is 12.5. The molecule has 0 spiro atoms. The molecule has 0 bridgehead atoms. The molecule has 0 aliphatic carbocycles. The van der Waals surface area contributed by atoms with E-state index < -0.39 is 5.41 Å². The minimum absolute atomic E-state index is 0.400. The lowest BCUT2D eigenvalue weighted by Crippen LogP contribution is -2.21. The highest BCUT2D eigenvalue weighted by molar-refractivity contribution is 5.66. The van der Waals surface area contributed by atoms with Crippen LogP contribution in [-0.4, -0.2) is 46.9 Å². The van der Waals surface area contributed by atoms with E-state index in [9.17, 15) is 0 Å². The lowest BCUT2D eigenvalue weighted by Gasteiger charge is -2.17. The summed E-state index contributed by atoms with van der Waals surface area (Å²) in [6, 6.07) is 3.56. The molecular weight excluding hydrogens is 338 g/mol. The first-order valence-electron chi connectivity index (χ1n) is 7.97. The molecule has 3 aromatic rings. The number of ether oxygens (including phenoxy) is 3. The SMILES string of the molecule is COc1cc(-c2noc(C(C)(C)Cc3cn[nH]n3)n2)cc(OC)c1OC. The van der Waals surface area contributed by atoms with Crippen molar-refractivity contribution in [3.63, 3.8) is 0 Å². The molecule has 3 rings (SSSR count). The third-order valence-corrected chi connectivity index (χ3v) is 4.02. The molecule has 138 valence electrons. The molecule has 0 aliphatic rings. The maximum absolute atomic E-state index is 5.50. The van der Waals surface area contributed by atoms with E-state index in [1.165, 1.54) is 0 Å². The van der Waals surface area contributed by atoms with Gasteiger partial charge in [0.25, 0.3) is 0 Å². The van der Waals surface area contributed by atoms with E-state index in [-0.39, 0.29) is 0 Å². The molecule has 26 heavy (non-hydrogen) atoms. The van der Waals surface area contributed by atoms with Crippen LogP contribution in [0.3, 0.4) is 0 Å². The van der Waals surface area contributed by atoms with Gasteiger partial charge in [-0.25, -0.2) is 0 Å². The third-order valence-electron chi connectivity index (χ3n) is 4.02. The van der Waals surface area contributed by atoms with Crippen molar-refractivity contribution in [2.24, 2.45) is 0 Å². The van der Waals surface area contributed by atoms with Gasteiger partial charge in [0.1, 0.15) is 0 Å². The highest BCUT2D eigenvalue weighted by Crippen LogP contribution is 2.41. The number of rotatable bonds is 7. The molecule has 0 aliphatic heterocycles. The molecule has 0 saturated carbocycles. The Morgan fingerprint density at radius 3 is 2.31 bits per heavy atom. The number of methoxy groups -OCH3 is 3. The van der Waals surface area contributed by atoms with Gasteiger partial charge in [0.2, 0.25) is 17.5 Å². The van der Waals surface area contributed by atoms with Crippen molar-refractivity contribution in [2.45, 2.75) is 25.7 Å². The Kier molecular flexibility index (Phi) is 4.79. The summed E-state index contributed by atoms with van der Waals surface area (Å²) in [5.74, 6) is 2.50. The quantitative estimate of drug-likeness (QED) is 0.685. The van der Waals surface area contributed by atoms with Gasteiger partial charge >= 0.3 is 0 Å². The fraction of sp³-hybridized carbons (Fsp3) is 0.412. The number of hydrogen-bond acceptors (Lipinski definition) is 8. The molecule has 2 heterocycles. The Hall–Kier alpha value is -3.10. The maximum atomic E-state index is 5.50.